The summed E-state index contributed by atoms with van der Waals surface area (Å²) in [4.78, 5) is 24.7. The van der Waals surface area contributed by atoms with Crippen LogP contribution in [0, 0.1) is 12.3 Å². The van der Waals surface area contributed by atoms with E-state index in [1.165, 1.54) is 24.3 Å². The fraction of sp³-hybridized carbons (Fsp3) is 0.263. The minimum absolute atomic E-state index is 0.228. The summed E-state index contributed by atoms with van der Waals surface area (Å²) in [6.07, 6.45) is 0. The molecule has 0 atom stereocenters. The molecule has 1 heterocycles. The summed E-state index contributed by atoms with van der Waals surface area (Å²) in [5.74, 6) is -1.00. The van der Waals surface area contributed by atoms with Crippen molar-refractivity contribution in [3.8, 4) is 0 Å². The highest BCUT2D eigenvalue weighted by Gasteiger charge is 2.49. The van der Waals surface area contributed by atoms with Gasteiger partial charge in [-0.05, 0) is 57.2 Å². The summed E-state index contributed by atoms with van der Waals surface area (Å²) in [5, 5.41) is 2.77. The molecule has 1 aliphatic heterocycles. The van der Waals surface area contributed by atoms with Crippen LogP contribution in [-0.4, -0.2) is 26.0 Å². The van der Waals surface area contributed by atoms with Gasteiger partial charge < -0.3 is 5.32 Å². The summed E-state index contributed by atoms with van der Waals surface area (Å²) in [7, 11) is -3.70. The number of carbonyl (C=O) groups excluding carboxylic acids is 2. The van der Waals surface area contributed by atoms with Crippen molar-refractivity contribution in [2.24, 2.45) is 5.41 Å². The number of carbonyl (C=O) groups is 2. The number of aryl methyl sites for hydroxylation is 1. The maximum atomic E-state index is 12.4. The van der Waals surface area contributed by atoms with Crippen molar-refractivity contribution in [2.75, 3.05) is 15.4 Å². The number of benzene rings is 2. The topological polar surface area (TPSA) is 83.6 Å². The van der Waals surface area contributed by atoms with Crippen molar-refractivity contribution in [1.82, 2.24) is 0 Å². The van der Waals surface area contributed by atoms with Crippen LogP contribution in [0.5, 0.6) is 0 Å². The van der Waals surface area contributed by atoms with Crippen molar-refractivity contribution in [2.45, 2.75) is 20.8 Å². The van der Waals surface area contributed by atoms with Crippen molar-refractivity contribution >= 4 is 33.2 Å². The number of hydrogen-bond acceptors (Lipinski definition) is 4. The van der Waals surface area contributed by atoms with Gasteiger partial charge in [-0.3, -0.25) is 9.59 Å². The predicted octanol–water partition coefficient (Wildman–Crippen LogP) is 2.95. The van der Waals surface area contributed by atoms with E-state index in [1.807, 2.05) is 19.1 Å². The molecule has 0 bridgehead atoms. The highest BCUT2D eigenvalue weighted by atomic mass is 32.2. The quantitative estimate of drug-likeness (QED) is 0.898. The standard InChI is InChI=1S/C19H20N2O4S/c1-13-4-8-15(9-5-13)20-17(22)14-6-10-16(11-7-14)21-18(23)19(2,3)12-26(21,24)25/h4-11H,12H2,1-3H3,(H,20,22). The van der Waals surface area contributed by atoms with Gasteiger partial charge in [0.1, 0.15) is 0 Å². The maximum absolute atomic E-state index is 12.4. The third-order valence-corrected chi connectivity index (χ3v) is 6.28. The molecular weight excluding hydrogens is 352 g/mol. The highest BCUT2D eigenvalue weighted by Crippen LogP contribution is 2.35. The van der Waals surface area contributed by atoms with Gasteiger partial charge in [0.05, 0.1) is 16.9 Å². The van der Waals surface area contributed by atoms with E-state index in [9.17, 15) is 18.0 Å². The first-order valence-electron chi connectivity index (χ1n) is 8.16. The molecule has 1 aliphatic rings. The Morgan fingerprint density at radius 3 is 2.12 bits per heavy atom. The van der Waals surface area contributed by atoms with Crippen LogP contribution in [0.1, 0.15) is 29.8 Å². The van der Waals surface area contributed by atoms with Gasteiger partial charge >= 0.3 is 0 Å². The first-order chi connectivity index (χ1) is 12.1. The molecule has 2 aromatic carbocycles. The Kier molecular flexibility index (Phi) is 4.36. The summed E-state index contributed by atoms with van der Waals surface area (Å²) in [5.41, 5.74) is 1.42. The molecule has 0 spiro atoms. The van der Waals surface area contributed by atoms with Crippen LogP contribution >= 0.6 is 0 Å². The molecule has 2 aromatic rings. The van der Waals surface area contributed by atoms with Gasteiger partial charge in [-0.25, -0.2) is 12.7 Å². The van der Waals surface area contributed by atoms with Gasteiger partial charge in [0, 0.05) is 11.3 Å². The van der Waals surface area contributed by atoms with E-state index in [2.05, 4.69) is 5.32 Å². The summed E-state index contributed by atoms with van der Waals surface area (Å²) in [6.45, 7) is 5.17. The fourth-order valence-electron chi connectivity index (χ4n) is 2.85. The second-order valence-corrected chi connectivity index (χ2v) is 8.89. The average Bonchev–Trinajstić information content (AvgIpc) is 2.73. The van der Waals surface area contributed by atoms with Crippen molar-refractivity contribution in [3.05, 3.63) is 59.7 Å². The SMILES string of the molecule is Cc1ccc(NC(=O)c2ccc(N3C(=O)C(C)(C)CS3(=O)=O)cc2)cc1. The van der Waals surface area contributed by atoms with Crippen LogP contribution in [0.3, 0.4) is 0 Å². The predicted molar refractivity (Wildman–Crippen MR) is 101 cm³/mol. The van der Waals surface area contributed by atoms with Crippen molar-refractivity contribution in [1.29, 1.82) is 0 Å². The van der Waals surface area contributed by atoms with Gasteiger partial charge in [-0.1, -0.05) is 17.7 Å². The van der Waals surface area contributed by atoms with Crippen LogP contribution in [0.15, 0.2) is 48.5 Å². The van der Waals surface area contributed by atoms with Crippen LogP contribution in [-0.2, 0) is 14.8 Å². The lowest BCUT2D eigenvalue weighted by Gasteiger charge is -2.17. The molecule has 3 rings (SSSR count). The largest absolute Gasteiger partial charge is 0.322 e. The molecule has 1 fully saturated rings. The lowest BCUT2D eigenvalue weighted by molar-refractivity contribution is -0.123. The number of rotatable bonds is 3. The Morgan fingerprint density at radius 2 is 1.62 bits per heavy atom. The maximum Gasteiger partial charge on any atom is 0.255 e. The van der Waals surface area contributed by atoms with Gasteiger partial charge in [0.2, 0.25) is 15.9 Å². The lowest BCUT2D eigenvalue weighted by Crippen LogP contribution is -2.32. The molecule has 7 heteroatoms. The number of nitrogens with zero attached hydrogens (tertiary/aromatic N) is 1. The Morgan fingerprint density at radius 1 is 1.04 bits per heavy atom. The van der Waals surface area contributed by atoms with Crippen LogP contribution < -0.4 is 9.62 Å². The van der Waals surface area contributed by atoms with Crippen molar-refractivity contribution in [3.63, 3.8) is 0 Å². The van der Waals surface area contributed by atoms with Crippen LogP contribution in [0.25, 0.3) is 0 Å². The summed E-state index contributed by atoms with van der Waals surface area (Å²) >= 11 is 0. The normalized spacial score (nSPS) is 18.0. The molecule has 0 saturated carbocycles. The number of nitrogens with one attached hydrogen (secondary N) is 1. The van der Waals surface area contributed by atoms with Gasteiger partial charge in [0.15, 0.2) is 0 Å². The zero-order valence-electron chi connectivity index (χ0n) is 14.8. The second-order valence-electron chi connectivity index (χ2n) is 7.08. The van der Waals surface area contributed by atoms with E-state index in [1.54, 1.807) is 26.0 Å². The van der Waals surface area contributed by atoms with Crippen LogP contribution in [0.2, 0.25) is 0 Å². The molecule has 0 radical (unpaired) electrons. The lowest BCUT2D eigenvalue weighted by atomic mass is 9.95. The molecule has 1 saturated heterocycles. The van der Waals surface area contributed by atoms with Crippen molar-refractivity contribution < 1.29 is 18.0 Å². The third kappa shape index (κ3) is 3.35. The summed E-state index contributed by atoms with van der Waals surface area (Å²) in [6, 6.07) is 13.4. The molecular formula is C19H20N2O4S. The molecule has 0 aliphatic carbocycles. The van der Waals surface area contributed by atoms with Crippen LogP contribution in [0.4, 0.5) is 11.4 Å². The fourth-order valence-corrected chi connectivity index (χ4v) is 4.96. The molecule has 0 aromatic heterocycles. The second kappa shape index (κ2) is 6.25. The Hall–Kier alpha value is -2.67. The molecule has 2 amide bonds. The Balaban J connectivity index is 1.81. The Bertz CT molecular complexity index is 962. The average molecular weight is 372 g/mol. The zero-order valence-corrected chi connectivity index (χ0v) is 15.6. The van der Waals surface area contributed by atoms with E-state index in [-0.39, 0.29) is 17.3 Å². The van der Waals surface area contributed by atoms with Gasteiger partial charge in [-0.2, -0.15) is 0 Å². The first kappa shape index (κ1) is 18.1. The first-order valence-corrected chi connectivity index (χ1v) is 9.77. The van der Waals surface area contributed by atoms with Gasteiger partial charge in [-0.15, -0.1) is 0 Å². The monoisotopic (exact) mass is 372 g/mol. The third-order valence-electron chi connectivity index (χ3n) is 4.26. The minimum atomic E-state index is -3.70. The number of sulfonamides is 1. The number of amides is 2. The minimum Gasteiger partial charge on any atom is -0.322 e. The van der Waals surface area contributed by atoms with E-state index >= 15 is 0 Å². The molecule has 6 nitrogen and oxygen atoms in total. The molecule has 26 heavy (non-hydrogen) atoms. The Labute approximate surface area is 152 Å². The molecule has 1 N–H and O–H groups in total. The number of anilines is 2. The van der Waals surface area contributed by atoms with E-state index < -0.39 is 21.3 Å². The summed E-state index contributed by atoms with van der Waals surface area (Å²) < 4.78 is 25.4. The zero-order chi connectivity index (χ0) is 19.1. The highest BCUT2D eigenvalue weighted by molar-refractivity contribution is 7.94. The number of hydrogen-bond donors (Lipinski definition) is 1. The van der Waals surface area contributed by atoms with E-state index in [0.717, 1.165) is 9.87 Å². The molecule has 136 valence electrons. The van der Waals surface area contributed by atoms with E-state index in [0.29, 0.717) is 11.3 Å². The van der Waals surface area contributed by atoms with E-state index in [4.69, 9.17) is 0 Å². The smallest absolute Gasteiger partial charge is 0.255 e. The molecule has 0 unspecified atom stereocenters. The van der Waals surface area contributed by atoms with Gasteiger partial charge in [0.25, 0.3) is 5.91 Å².